The first-order valence-electron chi connectivity index (χ1n) is 13.7. The van der Waals surface area contributed by atoms with Crippen molar-refractivity contribution >= 4 is 16.9 Å². The topological polar surface area (TPSA) is 77.0 Å². The number of benzene rings is 2. The summed E-state index contributed by atoms with van der Waals surface area (Å²) >= 11 is 0. The van der Waals surface area contributed by atoms with Gasteiger partial charge in [0.2, 0.25) is 0 Å². The Morgan fingerprint density at radius 3 is 2.33 bits per heavy atom. The first-order valence-corrected chi connectivity index (χ1v) is 14.8. The average molecular weight is 565 g/mol. The SMILES string of the molecule is CN1CCN(C(=O)c2cc3c(c(-c4cccc(-c5cccc(F)c5)c4)n2)[C@@H](CCO)N(S(=O)C(C)(C)C)C3)CC1. The van der Waals surface area contributed by atoms with Crippen LogP contribution in [0.2, 0.25) is 0 Å². The van der Waals surface area contributed by atoms with E-state index in [4.69, 9.17) is 4.98 Å². The molecular formula is C31H37FN4O3S. The Labute approximate surface area is 238 Å². The molecule has 212 valence electrons. The second-order valence-electron chi connectivity index (χ2n) is 11.6. The number of carbonyl (C=O) groups is 1. The lowest BCUT2D eigenvalue weighted by molar-refractivity contribution is 0.0658. The van der Waals surface area contributed by atoms with Crippen molar-refractivity contribution in [1.29, 1.82) is 0 Å². The molecule has 40 heavy (non-hydrogen) atoms. The van der Waals surface area contributed by atoms with Crippen LogP contribution in [0.4, 0.5) is 4.39 Å². The molecule has 1 saturated heterocycles. The van der Waals surface area contributed by atoms with Crippen LogP contribution in [0.15, 0.2) is 54.6 Å². The minimum Gasteiger partial charge on any atom is -0.396 e. The quantitative estimate of drug-likeness (QED) is 0.472. The van der Waals surface area contributed by atoms with Crippen molar-refractivity contribution in [2.75, 3.05) is 39.8 Å². The van der Waals surface area contributed by atoms with E-state index in [1.807, 2.05) is 73.4 Å². The van der Waals surface area contributed by atoms with Crippen molar-refractivity contribution in [3.8, 4) is 22.4 Å². The van der Waals surface area contributed by atoms with E-state index < -0.39 is 15.7 Å². The predicted molar refractivity (Wildman–Crippen MR) is 156 cm³/mol. The molecule has 0 aliphatic carbocycles. The fourth-order valence-electron chi connectivity index (χ4n) is 5.48. The highest BCUT2D eigenvalue weighted by Gasteiger charge is 2.40. The molecule has 0 bridgehead atoms. The lowest BCUT2D eigenvalue weighted by Crippen LogP contribution is -2.47. The van der Waals surface area contributed by atoms with Gasteiger partial charge >= 0.3 is 0 Å². The predicted octanol–water partition coefficient (Wildman–Crippen LogP) is 4.64. The van der Waals surface area contributed by atoms with E-state index in [0.717, 1.165) is 40.9 Å². The van der Waals surface area contributed by atoms with Crippen molar-refractivity contribution in [3.05, 3.63) is 77.2 Å². The highest BCUT2D eigenvalue weighted by Crippen LogP contribution is 2.44. The molecular weight excluding hydrogens is 527 g/mol. The highest BCUT2D eigenvalue weighted by atomic mass is 32.2. The van der Waals surface area contributed by atoms with E-state index >= 15 is 0 Å². The zero-order valence-corrected chi connectivity index (χ0v) is 24.4. The smallest absolute Gasteiger partial charge is 0.272 e. The number of aliphatic hydroxyl groups excluding tert-OH is 1. The molecule has 3 aromatic rings. The van der Waals surface area contributed by atoms with Crippen LogP contribution >= 0.6 is 0 Å². The lowest BCUT2D eigenvalue weighted by atomic mass is 9.94. The maximum absolute atomic E-state index is 14.0. The summed E-state index contributed by atoms with van der Waals surface area (Å²) in [6.07, 6.45) is 0.388. The molecule has 3 heterocycles. The molecule has 1 aromatic heterocycles. The van der Waals surface area contributed by atoms with E-state index in [-0.39, 0.29) is 24.4 Å². The molecule has 2 atom stereocenters. The maximum Gasteiger partial charge on any atom is 0.272 e. The third-order valence-electron chi connectivity index (χ3n) is 7.59. The van der Waals surface area contributed by atoms with Crippen molar-refractivity contribution in [2.24, 2.45) is 0 Å². The summed E-state index contributed by atoms with van der Waals surface area (Å²) in [6, 6.07) is 15.7. The van der Waals surface area contributed by atoms with Gasteiger partial charge in [-0.05, 0) is 75.2 Å². The van der Waals surface area contributed by atoms with Crippen molar-refractivity contribution in [1.82, 2.24) is 19.1 Å². The number of rotatable bonds is 6. The number of piperazine rings is 1. The second kappa shape index (κ2) is 11.5. The zero-order valence-electron chi connectivity index (χ0n) is 23.6. The number of fused-ring (bicyclic) bond motifs is 1. The number of aromatic nitrogens is 1. The molecule has 2 aliphatic heterocycles. The third kappa shape index (κ3) is 5.74. The second-order valence-corrected chi connectivity index (χ2v) is 13.8. The molecule has 5 rings (SSSR count). The van der Waals surface area contributed by atoms with E-state index in [1.165, 1.54) is 12.1 Å². The van der Waals surface area contributed by atoms with Gasteiger partial charge in [-0.2, -0.15) is 0 Å². The maximum atomic E-state index is 14.0. The Morgan fingerprint density at radius 2 is 1.68 bits per heavy atom. The summed E-state index contributed by atoms with van der Waals surface area (Å²) in [4.78, 5) is 22.7. The van der Waals surface area contributed by atoms with E-state index in [0.29, 0.717) is 37.4 Å². The molecule has 0 saturated carbocycles. The number of nitrogens with zero attached hydrogens (tertiary/aromatic N) is 4. The van der Waals surface area contributed by atoms with Gasteiger partial charge in [0, 0.05) is 50.5 Å². The fourth-order valence-corrected chi connectivity index (χ4v) is 6.89. The minimum atomic E-state index is -1.35. The van der Waals surface area contributed by atoms with Gasteiger partial charge in [0.05, 0.1) is 16.5 Å². The minimum absolute atomic E-state index is 0.0767. The van der Waals surface area contributed by atoms with Gasteiger partial charge in [-0.15, -0.1) is 0 Å². The van der Waals surface area contributed by atoms with E-state index in [2.05, 4.69) is 4.90 Å². The molecule has 1 unspecified atom stereocenters. The summed E-state index contributed by atoms with van der Waals surface area (Å²) in [6.45, 7) is 8.99. The lowest BCUT2D eigenvalue weighted by Gasteiger charge is -2.32. The van der Waals surface area contributed by atoms with Crippen molar-refractivity contribution in [3.63, 3.8) is 0 Å². The van der Waals surface area contributed by atoms with E-state index in [1.54, 1.807) is 6.07 Å². The van der Waals surface area contributed by atoms with Crippen LogP contribution in [0, 0.1) is 5.82 Å². The zero-order chi connectivity index (χ0) is 28.6. The van der Waals surface area contributed by atoms with Crippen LogP contribution in [-0.2, 0) is 17.5 Å². The number of carbonyl (C=O) groups excluding carboxylic acids is 1. The number of hydrogen-bond donors (Lipinski definition) is 1. The van der Waals surface area contributed by atoms with Crippen LogP contribution in [0.5, 0.6) is 0 Å². The standard InChI is InChI=1S/C31H37FN4O3S/c1-31(2,3)40(39)36-20-24-19-26(30(38)35-14-12-34(4)13-15-35)33-29(28(24)27(36)11-16-37)23-9-5-7-21(17-23)22-8-6-10-25(32)18-22/h5-10,17-19,27,37H,11-16,20H2,1-4H3/t27-,40?/m1/s1. The number of hydrogen-bond acceptors (Lipinski definition) is 5. The highest BCUT2D eigenvalue weighted by molar-refractivity contribution is 7.84. The van der Waals surface area contributed by atoms with Gasteiger partial charge in [0.1, 0.15) is 22.5 Å². The largest absolute Gasteiger partial charge is 0.396 e. The average Bonchev–Trinajstić information content (AvgIpc) is 3.30. The van der Waals surface area contributed by atoms with Crippen LogP contribution in [0.25, 0.3) is 22.4 Å². The monoisotopic (exact) mass is 564 g/mol. The molecule has 9 heteroatoms. The number of likely N-dealkylation sites (N-methyl/N-ethyl adjacent to an activating group) is 1. The Morgan fingerprint density at radius 1 is 1.02 bits per heavy atom. The molecule has 1 amide bonds. The summed E-state index contributed by atoms with van der Waals surface area (Å²) < 4.78 is 29.1. The van der Waals surface area contributed by atoms with Crippen molar-refractivity contribution in [2.45, 2.75) is 44.5 Å². The Bertz CT molecular complexity index is 1430. The Balaban J connectivity index is 1.65. The fraction of sp³-hybridized carbons (Fsp3) is 0.419. The first-order chi connectivity index (χ1) is 19.1. The van der Waals surface area contributed by atoms with Gasteiger partial charge in [-0.3, -0.25) is 4.79 Å². The summed E-state index contributed by atoms with van der Waals surface area (Å²) in [7, 11) is 0.700. The van der Waals surface area contributed by atoms with E-state index in [9.17, 15) is 18.5 Å². The van der Waals surface area contributed by atoms with Gasteiger partial charge in [-0.25, -0.2) is 17.9 Å². The van der Waals surface area contributed by atoms with Gasteiger partial charge in [-0.1, -0.05) is 30.3 Å². The molecule has 0 radical (unpaired) electrons. The number of amides is 1. The summed E-state index contributed by atoms with van der Waals surface area (Å²) in [5.41, 5.74) is 5.14. The molecule has 1 fully saturated rings. The number of halogens is 1. The summed E-state index contributed by atoms with van der Waals surface area (Å²) in [5.74, 6) is -0.433. The van der Waals surface area contributed by atoms with Gasteiger partial charge in [0.15, 0.2) is 0 Å². The molecule has 2 aliphatic rings. The molecule has 1 N–H and O–H groups in total. The van der Waals surface area contributed by atoms with Crippen LogP contribution in [0.1, 0.15) is 54.8 Å². The Kier molecular flexibility index (Phi) is 8.20. The number of aliphatic hydroxyl groups is 1. The number of pyridine rings is 1. The molecule has 7 nitrogen and oxygen atoms in total. The van der Waals surface area contributed by atoms with Crippen LogP contribution in [-0.4, -0.2) is 78.9 Å². The van der Waals surface area contributed by atoms with Gasteiger partial charge < -0.3 is 14.9 Å². The molecule has 0 spiro atoms. The van der Waals surface area contributed by atoms with Gasteiger partial charge in [0.25, 0.3) is 5.91 Å². The third-order valence-corrected chi connectivity index (χ3v) is 9.45. The van der Waals surface area contributed by atoms with Crippen LogP contribution < -0.4 is 0 Å². The Hall–Kier alpha value is -2.98. The normalized spacial score (nSPS) is 19.1. The van der Waals surface area contributed by atoms with Crippen LogP contribution in [0.3, 0.4) is 0 Å². The summed E-state index contributed by atoms with van der Waals surface area (Å²) in [5, 5.41) is 10.0. The molecule has 2 aromatic carbocycles. The first kappa shape index (κ1) is 28.5. The van der Waals surface area contributed by atoms with Crippen molar-refractivity contribution < 1.29 is 18.5 Å².